The van der Waals surface area contributed by atoms with Crippen molar-refractivity contribution in [3.63, 3.8) is 0 Å². The van der Waals surface area contributed by atoms with Crippen molar-refractivity contribution in [1.82, 2.24) is 4.90 Å². The summed E-state index contributed by atoms with van der Waals surface area (Å²) in [5.41, 5.74) is 0.925. The Balaban J connectivity index is 1.67. The van der Waals surface area contributed by atoms with E-state index in [0.29, 0.717) is 28.9 Å². The average molecular weight is 396 g/mol. The van der Waals surface area contributed by atoms with Crippen LogP contribution in [0.4, 0.5) is 0 Å². The summed E-state index contributed by atoms with van der Waals surface area (Å²) in [7, 11) is 0. The molecule has 7 heteroatoms. The maximum atomic E-state index is 12.7. The lowest BCUT2D eigenvalue weighted by molar-refractivity contribution is -0.134. The van der Waals surface area contributed by atoms with Gasteiger partial charge in [-0.05, 0) is 35.7 Å². The molecular formula is C18H15Cl2NO3S. The van der Waals surface area contributed by atoms with Crippen LogP contribution in [0.3, 0.4) is 0 Å². The molecule has 0 spiro atoms. The first-order valence-electron chi connectivity index (χ1n) is 7.51. The maximum Gasteiger partial charge on any atom is 0.261 e. The lowest BCUT2D eigenvalue weighted by atomic mass is 10.3. The van der Waals surface area contributed by atoms with Gasteiger partial charge in [0.1, 0.15) is 5.75 Å². The number of halogens is 2. The van der Waals surface area contributed by atoms with Gasteiger partial charge in [-0.1, -0.05) is 29.3 Å². The second kappa shape index (κ2) is 8.43. The van der Waals surface area contributed by atoms with Gasteiger partial charge in [-0.15, -0.1) is 11.3 Å². The van der Waals surface area contributed by atoms with Crippen LogP contribution in [0, 0.1) is 0 Å². The summed E-state index contributed by atoms with van der Waals surface area (Å²) < 4.78 is 10.7. The molecule has 1 aromatic carbocycles. The molecule has 0 saturated heterocycles. The van der Waals surface area contributed by atoms with Gasteiger partial charge in [0, 0.05) is 22.0 Å². The Bertz CT molecular complexity index is 783. The fourth-order valence-corrected chi connectivity index (χ4v) is 3.43. The molecule has 4 nitrogen and oxygen atoms in total. The number of rotatable bonds is 7. The van der Waals surface area contributed by atoms with E-state index in [4.69, 9.17) is 32.4 Å². The molecule has 1 amide bonds. The lowest BCUT2D eigenvalue weighted by Gasteiger charge is -2.22. The normalized spacial score (nSPS) is 10.6. The SMILES string of the molecule is O=C(COc1ccc(Cl)cc1Cl)N(Cc1ccoc1)Cc1cccs1. The third-order valence-electron chi connectivity index (χ3n) is 3.48. The standard InChI is InChI=1S/C18H15Cl2NO3S/c19-14-3-4-17(16(20)8-14)24-12-18(22)21(9-13-5-6-23-11-13)10-15-2-1-7-25-15/h1-8,11H,9-10,12H2. The van der Waals surface area contributed by atoms with E-state index in [1.165, 1.54) is 0 Å². The zero-order valence-corrected chi connectivity index (χ0v) is 15.5. The third kappa shape index (κ3) is 5.01. The first kappa shape index (κ1) is 17.9. The van der Waals surface area contributed by atoms with Crippen LogP contribution >= 0.6 is 34.5 Å². The van der Waals surface area contributed by atoms with E-state index in [1.54, 1.807) is 47.0 Å². The van der Waals surface area contributed by atoms with Crippen LogP contribution in [0.15, 0.2) is 58.7 Å². The highest BCUT2D eigenvalue weighted by Crippen LogP contribution is 2.27. The lowest BCUT2D eigenvalue weighted by Crippen LogP contribution is -2.33. The molecule has 2 heterocycles. The molecule has 0 saturated carbocycles. The van der Waals surface area contributed by atoms with E-state index < -0.39 is 0 Å². The highest BCUT2D eigenvalue weighted by Gasteiger charge is 2.17. The van der Waals surface area contributed by atoms with Crippen LogP contribution in [0.2, 0.25) is 10.0 Å². The zero-order chi connectivity index (χ0) is 17.6. The molecule has 3 aromatic rings. The Morgan fingerprint density at radius 1 is 1.20 bits per heavy atom. The van der Waals surface area contributed by atoms with Gasteiger partial charge in [-0.25, -0.2) is 0 Å². The molecule has 0 bridgehead atoms. The molecule has 0 aliphatic rings. The molecule has 0 aliphatic carbocycles. The predicted molar refractivity (Wildman–Crippen MR) is 99.2 cm³/mol. The van der Waals surface area contributed by atoms with Gasteiger partial charge < -0.3 is 14.1 Å². The number of hydrogen-bond acceptors (Lipinski definition) is 4. The fraction of sp³-hybridized carbons (Fsp3) is 0.167. The summed E-state index contributed by atoms with van der Waals surface area (Å²) >= 11 is 13.5. The Hall–Kier alpha value is -1.95. The van der Waals surface area contributed by atoms with Crippen LogP contribution in [-0.2, 0) is 17.9 Å². The van der Waals surface area contributed by atoms with Crippen LogP contribution in [0.1, 0.15) is 10.4 Å². The Morgan fingerprint density at radius 3 is 2.76 bits per heavy atom. The van der Waals surface area contributed by atoms with Gasteiger partial charge in [-0.3, -0.25) is 4.79 Å². The Labute approximate surface area is 159 Å². The molecular weight excluding hydrogens is 381 g/mol. The van der Waals surface area contributed by atoms with Gasteiger partial charge in [-0.2, -0.15) is 0 Å². The average Bonchev–Trinajstić information content (AvgIpc) is 3.27. The monoisotopic (exact) mass is 395 g/mol. The highest BCUT2D eigenvalue weighted by molar-refractivity contribution is 7.09. The van der Waals surface area contributed by atoms with Crippen LogP contribution < -0.4 is 4.74 Å². The summed E-state index contributed by atoms with van der Waals surface area (Å²) in [5, 5.41) is 2.88. The molecule has 0 aliphatic heterocycles. The molecule has 0 radical (unpaired) electrons. The second-order valence-electron chi connectivity index (χ2n) is 5.32. The van der Waals surface area contributed by atoms with E-state index in [-0.39, 0.29) is 12.5 Å². The van der Waals surface area contributed by atoms with Gasteiger partial charge in [0.05, 0.1) is 24.1 Å². The van der Waals surface area contributed by atoms with Crippen molar-refractivity contribution in [2.45, 2.75) is 13.1 Å². The summed E-state index contributed by atoms with van der Waals surface area (Å²) in [6, 6.07) is 10.7. The molecule has 130 valence electrons. The number of carbonyl (C=O) groups is 1. The largest absolute Gasteiger partial charge is 0.482 e. The molecule has 2 aromatic heterocycles. The van der Waals surface area contributed by atoms with Crippen molar-refractivity contribution >= 4 is 40.4 Å². The van der Waals surface area contributed by atoms with E-state index in [1.807, 2.05) is 23.6 Å². The van der Waals surface area contributed by atoms with Crippen molar-refractivity contribution in [3.8, 4) is 5.75 Å². The molecule has 0 fully saturated rings. The minimum absolute atomic E-state index is 0.107. The van der Waals surface area contributed by atoms with Crippen LogP contribution in [0.25, 0.3) is 0 Å². The number of benzene rings is 1. The quantitative estimate of drug-likeness (QED) is 0.548. The minimum Gasteiger partial charge on any atom is -0.482 e. The number of carbonyl (C=O) groups excluding carboxylic acids is 1. The van der Waals surface area contributed by atoms with Gasteiger partial charge in [0.25, 0.3) is 5.91 Å². The van der Waals surface area contributed by atoms with Crippen molar-refractivity contribution in [2.24, 2.45) is 0 Å². The van der Waals surface area contributed by atoms with E-state index >= 15 is 0 Å². The third-order valence-corrected chi connectivity index (χ3v) is 4.87. The van der Waals surface area contributed by atoms with E-state index in [2.05, 4.69) is 0 Å². The highest BCUT2D eigenvalue weighted by atomic mass is 35.5. The summed E-state index contributed by atoms with van der Waals surface area (Å²) in [6.45, 7) is 0.856. The predicted octanol–water partition coefficient (Wildman–Crippen LogP) is 5.26. The van der Waals surface area contributed by atoms with Crippen LogP contribution in [0.5, 0.6) is 5.75 Å². The van der Waals surface area contributed by atoms with Gasteiger partial charge in [0.15, 0.2) is 6.61 Å². The first-order valence-corrected chi connectivity index (χ1v) is 9.14. The van der Waals surface area contributed by atoms with E-state index in [0.717, 1.165) is 10.4 Å². The number of hydrogen-bond donors (Lipinski definition) is 0. The maximum absolute atomic E-state index is 12.7. The molecule has 0 N–H and O–H groups in total. The topological polar surface area (TPSA) is 42.7 Å². The van der Waals surface area contributed by atoms with Gasteiger partial charge in [0.2, 0.25) is 0 Å². The zero-order valence-electron chi connectivity index (χ0n) is 13.2. The number of thiophene rings is 1. The number of furan rings is 1. The summed E-state index contributed by atoms with van der Waals surface area (Å²) in [5.74, 6) is 0.291. The smallest absolute Gasteiger partial charge is 0.261 e. The molecule has 3 rings (SSSR count). The van der Waals surface area contributed by atoms with E-state index in [9.17, 15) is 4.79 Å². The Morgan fingerprint density at radius 2 is 2.08 bits per heavy atom. The van der Waals surface area contributed by atoms with Crippen molar-refractivity contribution < 1.29 is 13.9 Å². The van der Waals surface area contributed by atoms with Crippen LogP contribution in [-0.4, -0.2) is 17.4 Å². The molecule has 25 heavy (non-hydrogen) atoms. The number of ether oxygens (including phenoxy) is 1. The molecule has 0 atom stereocenters. The second-order valence-corrected chi connectivity index (χ2v) is 7.20. The van der Waals surface area contributed by atoms with Gasteiger partial charge >= 0.3 is 0 Å². The first-order chi connectivity index (χ1) is 12.1. The number of nitrogens with zero attached hydrogens (tertiary/aromatic N) is 1. The van der Waals surface area contributed by atoms with Crippen molar-refractivity contribution in [2.75, 3.05) is 6.61 Å². The summed E-state index contributed by atoms with van der Waals surface area (Å²) in [6.07, 6.45) is 3.22. The fourth-order valence-electron chi connectivity index (χ4n) is 2.25. The Kier molecular flexibility index (Phi) is 6.02. The summed E-state index contributed by atoms with van der Waals surface area (Å²) in [4.78, 5) is 15.5. The van der Waals surface area contributed by atoms with Crippen molar-refractivity contribution in [3.05, 3.63) is 74.8 Å². The number of amides is 1. The van der Waals surface area contributed by atoms with Crippen molar-refractivity contribution in [1.29, 1.82) is 0 Å². The minimum atomic E-state index is -0.138. The molecule has 0 unspecified atom stereocenters.